The largest absolute Gasteiger partial charge is 0.355 e. The second-order valence-electron chi connectivity index (χ2n) is 8.17. The summed E-state index contributed by atoms with van der Waals surface area (Å²) in [6.45, 7) is 8.82. The molecule has 0 aromatic heterocycles. The molecule has 0 spiro atoms. The van der Waals surface area contributed by atoms with Crippen LogP contribution in [0.5, 0.6) is 0 Å². The summed E-state index contributed by atoms with van der Waals surface area (Å²) in [5.74, 6) is 0.167. The number of carbonyl (C=O) groups is 2. The van der Waals surface area contributed by atoms with Crippen molar-refractivity contribution in [2.75, 3.05) is 39.4 Å². The normalized spacial score (nSPS) is 21.3. The molecule has 2 fully saturated rings. The zero-order valence-electron chi connectivity index (χ0n) is 17.7. The lowest BCUT2D eigenvalue weighted by Gasteiger charge is -2.34. The summed E-state index contributed by atoms with van der Waals surface area (Å²) >= 11 is 0. The van der Waals surface area contributed by atoms with Crippen molar-refractivity contribution in [3.8, 4) is 0 Å². The minimum absolute atomic E-state index is 0.0301. The molecule has 2 heterocycles. The second kappa shape index (κ2) is 12.4. The van der Waals surface area contributed by atoms with E-state index in [1.54, 1.807) is 6.92 Å². The second-order valence-corrected chi connectivity index (χ2v) is 8.17. The Labute approximate surface area is 169 Å². The average molecular weight is 397 g/mol. The Hall–Kier alpha value is -1.22. The van der Waals surface area contributed by atoms with Gasteiger partial charge in [-0.15, -0.1) is 0 Å². The third kappa shape index (κ3) is 8.03. The maximum Gasteiger partial charge on any atom is 0.237 e. The molecule has 0 radical (unpaired) electrons. The molecule has 0 bridgehead atoms. The molecule has 2 aliphatic rings. The van der Waals surface area contributed by atoms with Crippen molar-refractivity contribution in [1.29, 1.82) is 0 Å². The fourth-order valence-electron chi connectivity index (χ4n) is 4.00. The van der Waals surface area contributed by atoms with Crippen LogP contribution in [-0.2, 0) is 9.59 Å². The Morgan fingerprint density at radius 3 is 2.39 bits per heavy atom. The third-order valence-electron chi connectivity index (χ3n) is 5.76. The van der Waals surface area contributed by atoms with Gasteiger partial charge >= 0.3 is 0 Å². The first-order valence-electron chi connectivity index (χ1n) is 11.0. The molecule has 0 aromatic carbocycles. The van der Waals surface area contributed by atoms with Gasteiger partial charge in [-0.3, -0.25) is 25.1 Å². The van der Waals surface area contributed by atoms with Gasteiger partial charge in [-0.2, -0.15) is 0 Å². The first-order valence-corrected chi connectivity index (χ1v) is 11.0. The Kier molecular flexibility index (Phi) is 10.2. The Morgan fingerprint density at radius 2 is 1.79 bits per heavy atom. The maximum atomic E-state index is 12.6. The molecular weight excluding hydrogens is 356 g/mol. The van der Waals surface area contributed by atoms with Crippen molar-refractivity contribution in [3.05, 3.63) is 0 Å². The fourth-order valence-corrected chi connectivity index (χ4v) is 4.00. The summed E-state index contributed by atoms with van der Waals surface area (Å²) in [7, 11) is 0. The van der Waals surface area contributed by atoms with Crippen LogP contribution in [0.4, 0.5) is 0 Å². The third-order valence-corrected chi connectivity index (χ3v) is 5.76. The predicted molar refractivity (Wildman–Crippen MR) is 112 cm³/mol. The van der Waals surface area contributed by atoms with Crippen molar-refractivity contribution in [2.24, 2.45) is 5.73 Å². The molecule has 8 heteroatoms. The van der Waals surface area contributed by atoms with Crippen LogP contribution in [0.2, 0.25) is 0 Å². The lowest BCUT2D eigenvalue weighted by Crippen LogP contribution is -2.55. The fraction of sp³-hybridized carbons (Fsp3) is 0.900. The van der Waals surface area contributed by atoms with Crippen LogP contribution in [0, 0.1) is 0 Å². The molecule has 0 aromatic rings. The van der Waals surface area contributed by atoms with Crippen LogP contribution in [0.3, 0.4) is 0 Å². The molecule has 5 N–H and O–H groups in total. The van der Waals surface area contributed by atoms with E-state index < -0.39 is 0 Å². The summed E-state index contributed by atoms with van der Waals surface area (Å²) in [6, 6.07) is 0.000308. The number of rotatable bonds is 10. The standard InChI is InChI=1S/C20H40N6O2/c1-3-9-22-20(28)18(23-15-25-10-5-4-6-11-25)14-19(21)24-17-7-12-26(13-8-17)16(2)27/h17-19,23-24H,3-15,21H2,1-2H3,(H,22,28). The SMILES string of the molecule is CCCNC(=O)C(CC(N)NC1CCN(C(C)=O)CC1)NCN1CCCCC1. The summed E-state index contributed by atoms with van der Waals surface area (Å²) < 4.78 is 0. The lowest BCUT2D eigenvalue weighted by atomic mass is 10.0. The number of piperidine rings is 2. The smallest absolute Gasteiger partial charge is 0.237 e. The van der Waals surface area contributed by atoms with Crippen LogP contribution in [0.25, 0.3) is 0 Å². The zero-order valence-corrected chi connectivity index (χ0v) is 17.7. The van der Waals surface area contributed by atoms with Gasteiger partial charge in [-0.1, -0.05) is 13.3 Å². The molecule has 2 amide bonds. The number of hydrogen-bond acceptors (Lipinski definition) is 6. The number of hydrogen-bond donors (Lipinski definition) is 4. The molecule has 2 unspecified atom stereocenters. The van der Waals surface area contributed by atoms with Gasteiger partial charge in [0.05, 0.1) is 12.2 Å². The number of likely N-dealkylation sites (tertiary alicyclic amines) is 2. The number of nitrogens with two attached hydrogens (primary N) is 1. The monoisotopic (exact) mass is 396 g/mol. The Bertz CT molecular complexity index is 475. The molecule has 0 saturated carbocycles. The van der Waals surface area contributed by atoms with E-state index in [0.717, 1.165) is 52.1 Å². The molecule has 8 nitrogen and oxygen atoms in total. The molecule has 162 valence electrons. The average Bonchev–Trinajstić information content (AvgIpc) is 2.70. The van der Waals surface area contributed by atoms with E-state index in [0.29, 0.717) is 19.0 Å². The van der Waals surface area contributed by atoms with E-state index in [-0.39, 0.29) is 24.0 Å². The molecule has 2 saturated heterocycles. The van der Waals surface area contributed by atoms with E-state index >= 15 is 0 Å². The first-order chi connectivity index (χ1) is 13.5. The minimum Gasteiger partial charge on any atom is -0.355 e. The van der Waals surface area contributed by atoms with Crippen molar-refractivity contribution in [2.45, 2.75) is 77.0 Å². The van der Waals surface area contributed by atoms with Gasteiger partial charge in [0.1, 0.15) is 0 Å². The molecule has 2 rings (SSSR count). The highest BCUT2D eigenvalue weighted by molar-refractivity contribution is 5.81. The van der Waals surface area contributed by atoms with Crippen LogP contribution < -0.4 is 21.7 Å². The number of nitrogens with one attached hydrogen (secondary N) is 3. The summed E-state index contributed by atoms with van der Waals surface area (Å²) in [6.07, 6.45) is 6.79. The van der Waals surface area contributed by atoms with E-state index in [1.165, 1.54) is 19.3 Å². The van der Waals surface area contributed by atoms with Gasteiger partial charge in [0.25, 0.3) is 0 Å². The predicted octanol–water partition coefficient (Wildman–Crippen LogP) is 0.190. The maximum absolute atomic E-state index is 12.6. The van der Waals surface area contributed by atoms with Gasteiger partial charge in [0, 0.05) is 39.3 Å². The van der Waals surface area contributed by atoms with E-state index in [4.69, 9.17) is 5.73 Å². The van der Waals surface area contributed by atoms with Crippen molar-refractivity contribution in [1.82, 2.24) is 25.8 Å². The van der Waals surface area contributed by atoms with Gasteiger partial charge in [-0.25, -0.2) is 0 Å². The van der Waals surface area contributed by atoms with Gasteiger partial charge in [0.15, 0.2) is 0 Å². The van der Waals surface area contributed by atoms with Crippen molar-refractivity contribution in [3.63, 3.8) is 0 Å². The molecule has 2 atom stereocenters. The van der Waals surface area contributed by atoms with Crippen molar-refractivity contribution < 1.29 is 9.59 Å². The number of carbonyl (C=O) groups excluding carboxylic acids is 2. The van der Waals surface area contributed by atoms with Gasteiger partial charge < -0.3 is 16.0 Å². The first kappa shape index (κ1) is 23.1. The summed E-state index contributed by atoms with van der Waals surface area (Å²) in [5, 5.41) is 9.89. The molecular formula is C20H40N6O2. The topological polar surface area (TPSA) is 103 Å². The molecule has 2 aliphatic heterocycles. The van der Waals surface area contributed by atoms with Crippen molar-refractivity contribution >= 4 is 11.8 Å². The highest BCUT2D eigenvalue weighted by Crippen LogP contribution is 2.12. The Morgan fingerprint density at radius 1 is 1.11 bits per heavy atom. The minimum atomic E-state index is -0.298. The quantitative estimate of drug-likeness (QED) is 0.393. The number of amides is 2. The highest BCUT2D eigenvalue weighted by atomic mass is 16.2. The molecule has 28 heavy (non-hydrogen) atoms. The zero-order chi connectivity index (χ0) is 20.4. The van der Waals surface area contributed by atoms with Gasteiger partial charge in [0.2, 0.25) is 11.8 Å². The van der Waals surface area contributed by atoms with Gasteiger partial charge in [-0.05, 0) is 51.6 Å². The van der Waals surface area contributed by atoms with E-state index in [9.17, 15) is 9.59 Å². The van der Waals surface area contributed by atoms with Crippen LogP contribution >= 0.6 is 0 Å². The van der Waals surface area contributed by atoms with E-state index in [2.05, 4.69) is 27.8 Å². The van der Waals surface area contributed by atoms with Crippen LogP contribution in [0.15, 0.2) is 0 Å². The van der Waals surface area contributed by atoms with E-state index in [1.807, 2.05) is 4.90 Å². The van der Waals surface area contributed by atoms with Crippen LogP contribution in [0.1, 0.15) is 58.8 Å². The lowest BCUT2D eigenvalue weighted by molar-refractivity contribution is -0.130. The molecule has 0 aliphatic carbocycles. The summed E-state index contributed by atoms with van der Waals surface area (Å²) in [5.41, 5.74) is 6.35. The highest BCUT2D eigenvalue weighted by Gasteiger charge is 2.25. The number of nitrogens with zero attached hydrogens (tertiary/aromatic N) is 2. The Balaban J connectivity index is 1.80. The summed E-state index contributed by atoms with van der Waals surface area (Å²) in [4.78, 5) is 28.3. The van der Waals surface area contributed by atoms with Crippen LogP contribution in [-0.4, -0.2) is 79.3 Å².